The van der Waals surface area contributed by atoms with E-state index in [1.807, 2.05) is 12.1 Å². The lowest BCUT2D eigenvalue weighted by Crippen LogP contribution is -2.31. The van der Waals surface area contributed by atoms with E-state index in [4.69, 9.17) is 4.52 Å². The highest BCUT2D eigenvalue weighted by Gasteiger charge is 2.30. The Hall–Kier alpha value is -2.94. The van der Waals surface area contributed by atoms with Gasteiger partial charge in [0.05, 0.1) is 11.1 Å². The van der Waals surface area contributed by atoms with Gasteiger partial charge in [-0.25, -0.2) is 4.98 Å². The lowest BCUT2D eigenvalue weighted by molar-refractivity contribution is -0.137. The van der Waals surface area contributed by atoms with E-state index in [2.05, 4.69) is 31.8 Å². The van der Waals surface area contributed by atoms with E-state index in [9.17, 15) is 13.2 Å². The molecule has 0 unspecified atom stereocenters. The maximum atomic E-state index is 13.0. The van der Waals surface area contributed by atoms with Gasteiger partial charge < -0.3 is 9.42 Å². The van der Waals surface area contributed by atoms with Gasteiger partial charge in [0.25, 0.3) is 5.89 Å². The van der Waals surface area contributed by atoms with Gasteiger partial charge in [-0.05, 0) is 36.6 Å². The van der Waals surface area contributed by atoms with Gasteiger partial charge in [0.1, 0.15) is 5.82 Å². The molecule has 6 nitrogen and oxygen atoms in total. The van der Waals surface area contributed by atoms with Crippen LogP contribution in [0.25, 0.3) is 11.5 Å². The fraction of sp³-hybridized carbons (Fsp3) is 0.435. The number of hydrogen-bond acceptors (Lipinski definition) is 6. The van der Waals surface area contributed by atoms with Crippen LogP contribution in [0.4, 0.5) is 19.0 Å². The van der Waals surface area contributed by atoms with E-state index in [0.29, 0.717) is 30.4 Å². The van der Waals surface area contributed by atoms with E-state index >= 15 is 0 Å². The van der Waals surface area contributed by atoms with Crippen molar-refractivity contribution in [2.24, 2.45) is 0 Å². The number of aromatic nitrogens is 3. The third kappa shape index (κ3) is 5.27. The van der Waals surface area contributed by atoms with Crippen LogP contribution in [0, 0.1) is 0 Å². The number of hydrogen-bond donors (Lipinski definition) is 0. The minimum absolute atomic E-state index is 0.460. The first-order chi connectivity index (χ1) is 15.4. The number of halogens is 3. The molecule has 1 aliphatic heterocycles. The summed E-state index contributed by atoms with van der Waals surface area (Å²) in [5.41, 5.74) is 0.862. The Labute approximate surface area is 185 Å². The Morgan fingerprint density at radius 1 is 1.06 bits per heavy atom. The van der Waals surface area contributed by atoms with Crippen molar-refractivity contribution in [2.45, 2.75) is 38.9 Å². The van der Waals surface area contributed by atoms with Crippen molar-refractivity contribution in [2.75, 3.05) is 31.1 Å². The van der Waals surface area contributed by atoms with Crippen molar-refractivity contribution in [3.8, 4) is 11.5 Å². The number of pyridine rings is 1. The smallest absolute Gasteiger partial charge is 0.355 e. The second-order valence-electron chi connectivity index (χ2n) is 7.96. The van der Waals surface area contributed by atoms with E-state index in [1.165, 1.54) is 12.1 Å². The van der Waals surface area contributed by atoms with Crippen LogP contribution < -0.4 is 4.90 Å². The Bertz CT molecular complexity index is 1040. The average Bonchev–Trinajstić information content (AvgIpc) is 3.12. The molecule has 1 saturated heterocycles. The molecule has 0 spiro atoms. The number of rotatable bonds is 6. The summed E-state index contributed by atoms with van der Waals surface area (Å²) in [4.78, 5) is 13.4. The lowest BCUT2D eigenvalue weighted by Gasteiger charge is -2.24. The van der Waals surface area contributed by atoms with Gasteiger partial charge in [-0.2, -0.15) is 18.2 Å². The molecular weight excluding hydrogens is 419 g/mol. The molecule has 2 aromatic heterocycles. The molecule has 3 heterocycles. The Morgan fingerprint density at radius 2 is 1.94 bits per heavy atom. The Kier molecular flexibility index (Phi) is 6.74. The molecule has 32 heavy (non-hydrogen) atoms. The molecule has 0 aliphatic carbocycles. The van der Waals surface area contributed by atoms with Crippen LogP contribution >= 0.6 is 0 Å². The summed E-state index contributed by atoms with van der Waals surface area (Å²) < 4.78 is 44.6. The first-order valence-corrected chi connectivity index (χ1v) is 10.9. The quantitative estimate of drug-likeness (QED) is 0.543. The van der Waals surface area contributed by atoms with Gasteiger partial charge in [-0.15, -0.1) is 0 Å². The Morgan fingerprint density at radius 3 is 2.75 bits per heavy atom. The van der Waals surface area contributed by atoms with Crippen LogP contribution in [-0.4, -0.2) is 46.2 Å². The van der Waals surface area contributed by atoms with Crippen LogP contribution in [0.1, 0.15) is 36.7 Å². The predicted molar refractivity (Wildman–Crippen MR) is 115 cm³/mol. The summed E-state index contributed by atoms with van der Waals surface area (Å²) in [5.74, 6) is 1.93. The number of nitrogens with zero attached hydrogens (tertiary/aromatic N) is 5. The Balaban J connectivity index is 1.46. The van der Waals surface area contributed by atoms with E-state index in [1.54, 1.807) is 12.3 Å². The van der Waals surface area contributed by atoms with Crippen LogP contribution in [0.5, 0.6) is 0 Å². The molecule has 0 bridgehead atoms. The molecule has 0 atom stereocenters. The van der Waals surface area contributed by atoms with Crippen molar-refractivity contribution < 1.29 is 17.7 Å². The fourth-order valence-electron chi connectivity index (χ4n) is 3.95. The molecule has 1 fully saturated rings. The molecule has 1 aromatic carbocycles. The molecule has 170 valence electrons. The third-order valence-electron chi connectivity index (χ3n) is 5.51. The summed E-state index contributed by atoms with van der Waals surface area (Å²) in [6.45, 7) is 5.57. The summed E-state index contributed by atoms with van der Waals surface area (Å²) in [6, 6.07) is 9.34. The van der Waals surface area contributed by atoms with Gasteiger partial charge in [0.15, 0.2) is 5.82 Å². The van der Waals surface area contributed by atoms with Crippen molar-refractivity contribution in [1.29, 1.82) is 0 Å². The van der Waals surface area contributed by atoms with Crippen LogP contribution in [-0.2, 0) is 19.1 Å². The van der Waals surface area contributed by atoms with E-state index in [0.717, 1.165) is 56.3 Å². The summed E-state index contributed by atoms with van der Waals surface area (Å²) in [7, 11) is 0. The number of benzene rings is 1. The average molecular weight is 445 g/mol. The highest BCUT2D eigenvalue weighted by Crippen LogP contribution is 2.31. The monoisotopic (exact) mass is 445 g/mol. The second-order valence-corrected chi connectivity index (χ2v) is 7.96. The number of anilines is 1. The topological polar surface area (TPSA) is 58.3 Å². The molecule has 0 amide bonds. The van der Waals surface area contributed by atoms with Crippen LogP contribution in [0.15, 0.2) is 47.1 Å². The first kappa shape index (κ1) is 22.3. The molecule has 0 N–H and O–H groups in total. The second kappa shape index (κ2) is 9.68. The number of alkyl halides is 3. The minimum Gasteiger partial charge on any atom is -0.355 e. The van der Waals surface area contributed by atoms with Crippen molar-refractivity contribution in [3.05, 3.63) is 59.5 Å². The molecule has 9 heteroatoms. The SMILES string of the molecule is CCCc1noc(-c2cccnc2N2CCCN(Cc3cccc(C(F)(F)F)c3)CC2)n1. The molecule has 4 rings (SSSR count). The highest BCUT2D eigenvalue weighted by atomic mass is 19.4. The normalized spacial score (nSPS) is 15.7. The van der Waals surface area contributed by atoms with E-state index in [-0.39, 0.29) is 0 Å². The van der Waals surface area contributed by atoms with Crippen LogP contribution in [0.3, 0.4) is 0 Å². The zero-order valence-electron chi connectivity index (χ0n) is 18.0. The zero-order chi connectivity index (χ0) is 22.6. The third-order valence-corrected chi connectivity index (χ3v) is 5.51. The van der Waals surface area contributed by atoms with Gasteiger partial charge in [0, 0.05) is 45.3 Å². The van der Waals surface area contributed by atoms with Gasteiger partial charge in [-0.1, -0.05) is 30.3 Å². The standard InChI is InChI=1S/C23H26F3N5O/c1-2-6-20-28-22(32-29-20)19-9-4-10-27-21(19)31-12-5-11-30(13-14-31)16-17-7-3-8-18(15-17)23(24,25)26/h3-4,7-10,15H,2,5-6,11-14,16H2,1H3. The predicted octanol–water partition coefficient (Wildman–Crippen LogP) is 4.82. The van der Waals surface area contributed by atoms with Gasteiger partial charge in [0.2, 0.25) is 0 Å². The maximum absolute atomic E-state index is 13.0. The molecule has 0 radical (unpaired) electrons. The lowest BCUT2D eigenvalue weighted by atomic mass is 10.1. The van der Waals surface area contributed by atoms with E-state index < -0.39 is 11.7 Å². The van der Waals surface area contributed by atoms with Crippen molar-refractivity contribution in [3.63, 3.8) is 0 Å². The molecule has 0 saturated carbocycles. The van der Waals surface area contributed by atoms with Crippen molar-refractivity contribution >= 4 is 5.82 Å². The molecule has 3 aromatic rings. The molecular formula is C23H26F3N5O. The zero-order valence-corrected chi connectivity index (χ0v) is 18.0. The maximum Gasteiger partial charge on any atom is 0.416 e. The van der Waals surface area contributed by atoms with Crippen LogP contribution in [0.2, 0.25) is 0 Å². The van der Waals surface area contributed by atoms with Gasteiger partial charge in [-0.3, -0.25) is 4.90 Å². The van der Waals surface area contributed by atoms with Crippen molar-refractivity contribution in [1.82, 2.24) is 20.0 Å². The summed E-state index contributed by atoms with van der Waals surface area (Å²) >= 11 is 0. The number of aryl methyl sites for hydroxylation is 1. The highest BCUT2D eigenvalue weighted by molar-refractivity contribution is 5.69. The largest absolute Gasteiger partial charge is 0.416 e. The summed E-state index contributed by atoms with van der Waals surface area (Å²) in [5, 5.41) is 4.05. The molecule has 1 aliphatic rings. The van der Waals surface area contributed by atoms with Gasteiger partial charge >= 0.3 is 6.18 Å². The minimum atomic E-state index is -4.33. The fourth-order valence-corrected chi connectivity index (χ4v) is 3.95. The first-order valence-electron chi connectivity index (χ1n) is 10.9. The summed E-state index contributed by atoms with van der Waals surface area (Å²) in [6.07, 6.45) is -0.0138.